The summed E-state index contributed by atoms with van der Waals surface area (Å²) >= 11 is 1.78. The molecule has 1 fully saturated rings. The number of para-hydroxylation sites is 1. The number of nitrogens with one attached hydrogen (secondary N) is 1. The van der Waals surface area contributed by atoms with Crippen LogP contribution in [0, 0.1) is 0 Å². The predicted octanol–water partition coefficient (Wildman–Crippen LogP) is 3.42. The summed E-state index contributed by atoms with van der Waals surface area (Å²) in [5.41, 5.74) is 2.39. The Morgan fingerprint density at radius 2 is 2.16 bits per heavy atom. The van der Waals surface area contributed by atoms with Crippen molar-refractivity contribution in [2.45, 2.75) is 25.3 Å². The Bertz CT molecular complexity index is 575. The van der Waals surface area contributed by atoms with Crippen molar-refractivity contribution in [3.63, 3.8) is 0 Å². The molecule has 0 amide bonds. The maximum atomic E-state index is 5.44. The van der Waals surface area contributed by atoms with Gasteiger partial charge in [0.05, 0.1) is 18.4 Å². The number of hydrogen-bond acceptors (Lipinski definition) is 4. The van der Waals surface area contributed by atoms with E-state index in [1.54, 1.807) is 18.4 Å². The van der Waals surface area contributed by atoms with E-state index in [-0.39, 0.29) is 0 Å². The topological polar surface area (TPSA) is 34.1 Å². The molecule has 0 bridgehead atoms. The van der Waals surface area contributed by atoms with Crippen molar-refractivity contribution in [3.8, 4) is 16.3 Å². The lowest BCUT2D eigenvalue weighted by molar-refractivity contribution is 0.416. The monoisotopic (exact) mass is 274 g/mol. The van der Waals surface area contributed by atoms with Gasteiger partial charge in [0.1, 0.15) is 10.8 Å². The Balaban J connectivity index is 2.02. The minimum absolute atomic E-state index is 0.683. The van der Waals surface area contributed by atoms with Crippen LogP contribution in [0.2, 0.25) is 0 Å². The van der Waals surface area contributed by atoms with E-state index in [0.717, 1.165) is 22.9 Å². The molecule has 0 saturated heterocycles. The Morgan fingerprint density at radius 1 is 1.37 bits per heavy atom. The van der Waals surface area contributed by atoms with Crippen LogP contribution in [0.3, 0.4) is 0 Å². The Hall–Kier alpha value is -1.39. The van der Waals surface area contributed by atoms with Gasteiger partial charge in [0.2, 0.25) is 0 Å². The van der Waals surface area contributed by atoms with Crippen molar-refractivity contribution in [1.82, 2.24) is 10.3 Å². The zero-order valence-corrected chi connectivity index (χ0v) is 12.1. The van der Waals surface area contributed by atoms with Gasteiger partial charge < -0.3 is 10.1 Å². The summed E-state index contributed by atoms with van der Waals surface area (Å²) in [6.45, 7) is 0.901. The number of ether oxygens (including phenoxy) is 1. The molecule has 2 aromatic rings. The Labute approximate surface area is 117 Å². The fraction of sp³-hybridized carbons (Fsp3) is 0.400. The van der Waals surface area contributed by atoms with Crippen molar-refractivity contribution in [1.29, 1.82) is 0 Å². The lowest BCUT2D eigenvalue weighted by atomic mass is 10.2. The van der Waals surface area contributed by atoms with E-state index in [4.69, 9.17) is 9.72 Å². The van der Waals surface area contributed by atoms with Gasteiger partial charge in [-0.05, 0) is 32.0 Å². The van der Waals surface area contributed by atoms with E-state index in [2.05, 4.69) is 11.4 Å². The van der Waals surface area contributed by atoms with Crippen molar-refractivity contribution in [3.05, 3.63) is 34.8 Å². The van der Waals surface area contributed by atoms with Crippen LogP contribution in [-0.4, -0.2) is 19.1 Å². The number of nitrogens with zero attached hydrogens (tertiary/aromatic N) is 1. The van der Waals surface area contributed by atoms with E-state index < -0.39 is 0 Å². The molecule has 0 radical (unpaired) electrons. The lowest BCUT2D eigenvalue weighted by Crippen LogP contribution is -2.05. The van der Waals surface area contributed by atoms with Crippen molar-refractivity contribution >= 4 is 11.3 Å². The van der Waals surface area contributed by atoms with Crippen LogP contribution in [0.4, 0.5) is 0 Å². The van der Waals surface area contributed by atoms with Crippen molar-refractivity contribution < 1.29 is 4.74 Å². The minimum Gasteiger partial charge on any atom is -0.496 e. The van der Waals surface area contributed by atoms with E-state index in [9.17, 15) is 0 Å². The van der Waals surface area contributed by atoms with Crippen LogP contribution in [0.15, 0.2) is 24.3 Å². The summed E-state index contributed by atoms with van der Waals surface area (Å²) in [4.78, 5) is 6.23. The molecule has 1 N–H and O–H groups in total. The Kier molecular flexibility index (Phi) is 3.53. The van der Waals surface area contributed by atoms with Gasteiger partial charge in [0.25, 0.3) is 0 Å². The molecule has 1 aromatic carbocycles. The van der Waals surface area contributed by atoms with Gasteiger partial charge in [-0.3, -0.25) is 0 Å². The van der Waals surface area contributed by atoms with Crippen LogP contribution in [-0.2, 0) is 6.54 Å². The number of aromatic nitrogens is 1. The van der Waals surface area contributed by atoms with Gasteiger partial charge in [-0.1, -0.05) is 12.1 Å². The number of thiazole rings is 1. The highest BCUT2D eigenvalue weighted by Crippen LogP contribution is 2.45. The number of rotatable bonds is 5. The first kappa shape index (κ1) is 12.6. The van der Waals surface area contributed by atoms with Crippen LogP contribution in [0.25, 0.3) is 10.6 Å². The fourth-order valence-electron chi connectivity index (χ4n) is 2.26. The summed E-state index contributed by atoms with van der Waals surface area (Å²) in [7, 11) is 3.70. The minimum atomic E-state index is 0.683. The van der Waals surface area contributed by atoms with Crippen LogP contribution >= 0.6 is 11.3 Å². The first-order valence-corrected chi connectivity index (χ1v) is 7.42. The standard InChI is InChI=1S/C15H18N2OS/c1-16-9-13-14(10-7-8-10)17-15(19-13)11-5-3-4-6-12(11)18-2/h3-6,10,16H,7-9H2,1-2H3. The van der Waals surface area contributed by atoms with Gasteiger partial charge in [-0.2, -0.15) is 0 Å². The molecule has 4 heteroatoms. The van der Waals surface area contributed by atoms with Crippen LogP contribution < -0.4 is 10.1 Å². The zero-order chi connectivity index (χ0) is 13.2. The second-order valence-electron chi connectivity index (χ2n) is 4.83. The quantitative estimate of drug-likeness (QED) is 0.907. The molecule has 1 aliphatic rings. The largest absolute Gasteiger partial charge is 0.496 e. The van der Waals surface area contributed by atoms with E-state index in [1.807, 2.05) is 25.2 Å². The molecule has 1 aromatic heterocycles. The third-order valence-corrected chi connectivity index (χ3v) is 4.47. The molecule has 19 heavy (non-hydrogen) atoms. The first-order valence-electron chi connectivity index (χ1n) is 6.61. The van der Waals surface area contributed by atoms with E-state index in [0.29, 0.717) is 5.92 Å². The Morgan fingerprint density at radius 3 is 2.84 bits per heavy atom. The smallest absolute Gasteiger partial charge is 0.129 e. The average molecular weight is 274 g/mol. The van der Waals surface area contributed by atoms with Gasteiger partial charge in [0, 0.05) is 17.3 Å². The highest BCUT2D eigenvalue weighted by atomic mass is 32.1. The number of hydrogen-bond donors (Lipinski definition) is 1. The molecule has 3 nitrogen and oxygen atoms in total. The van der Waals surface area contributed by atoms with Crippen molar-refractivity contribution in [2.75, 3.05) is 14.2 Å². The lowest BCUT2D eigenvalue weighted by Gasteiger charge is -2.04. The average Bonchev–Trinajstić information content (AvgIpc) is 3.21. The maximum absolute atomic E-state index is 5.44. The van der Waals surface area contributed by atoms with E-state index >= 15 is 0 Å². The summed E-state index contributed by atoms with van der Waals surface area (Å²) in [6, 6.07) is 8.10. The molecular formula is C15H18N2OS. The highest BCUT2D eigenvalue weighted by molar-refractivity contribution is 7.15. The van der Waals surface area contributed by atoms with Gasteiger partial charge in [0.15, 0.2) is 0 Å². The third kappa shape index (κ3) is 2.51. The highest BCUT2D eigenvalue weighted by Gasteiger charge is 2.29. The van der Waals surface area contributed by atoms with E-state index in [1.165, 1.54) is 23.4 Å². The molecule has 0 spiro atoms. The number of methoxy groups -OCH3 is 1. The van der Waals surface area contributed by atoms with Crippen molar-refractivity contribution in [2.24, 2.45) is 0 Å². The molecule has 1 saturated carbocycles. The second-order valence-corrected chi connectivity index (χ2v) is 5.92. The summed E-state index contributed by atoms with van der Waals surface area (Å²) < 4.78 is 5.44. The molecule has 100 valence electrons. The summed E-state index contributed by atoms with van der Waals surface area (Å²) in [5.74, 6) is 1.58. The summed E-state index contributed by atoms with van der Waals surface area (Å²) in [6.07, 6.45) is 2.57. The van der Waals surface area contributed by atoms with Gasteiger partial charge in [-0.25, -0.2) is 4.98 Å². The third-order valence-electron chi connectivity index (χ3n) is 3.37. The maximum Gasteiger partial charge on any atom is 0.129 e. The second kappa shape index (κ2) is 5.31. The fourth-order valence-corrected chi connectivity index (χ4v) is 3.45. The first-order chi connectivity index (χ1) is 9.33. The van der Waals surface area contributed by atoms with Gasteiger partial charge >= 0.3 is 0 Å². The molecular weight excluding hydrogens is 256 g/mol. The molecule has 3 rings (SSSR count). The molecule has 1 aliphatic carbocycles. The predicted molar refractivity (Wildman–Crippen MR) is 78.8 cm³/mol. The molecule has 0 unspecified atom stereocenters. The van der Waals surface area contributed by atoms with Crippen LogP contribution in [0.5, 0.6) is 5.75 Å². The number of benzene rings is 1. The van der Waals surface area contributed by atoms with Crippen LogP contribution in [0.1, 0.15) is 29.3 Å². The summed E-state index contributed by atoms with van der Waals surface area (Å²) in [5, 5.41) is 4.31. The zero-order valence-electron chi connectivity index (χ0n) is 11.3. The molecule has 0 atom stereocenters. The normalized spacial score (nSPS) is 14.6. The van der Waals surface area contributed by atoms with Gasteiger partial charge in [-0.15, -0.1) is 11.3 Å². The molecule has 0 aliphatic heterocycles. The molecule has 1 heterocycles. The SMILES string of the molecule is CNCc1sc(-c2ccccc2OC)nc1C1CC1.